The standard InChI is InChI=1S/C23H22N4O2/c1-16-10-11-21(28-2)20(13-16)25-22-14-19(17-7-4-3-5-8-17)26-23(27-22)24-15-18-9-6-12-29-18/h3-14H,15H2,1-2H3,(H2,24,25,26,27). The third-order valence-electron chi connectivity index (χ3n) is 4.41. The zero-order valence-electron chi connectivity index (χ0n) is 16.3. The van der Waals surface area contributed by atoms with E-state index in [2.05, 4.69) is 20.6 Å². The number of benzene rings is 2. The number of furan rings is 1. The number of methoxy groups -OCH3 is 1. The zero-order chi connectivity index (χ0) is 20.1. The van der Waals surface area contributed by atoms with Crippen LogP contribution in [-0.2, 0) is 6.54 Å². The number of nitrogens with zero attached hydrogens (tertiary/aromatic N) is 2. The van der Waals surface area contributed by atoms with Crippen LogP contribution in [0.3, 0.4) is 0 Å². The van der Waals surface area contributed by atoms with Crippen LogP contribution >= 0.6 is 0 Å². The summed E-state index contributed by atoms with van der Waals surface area (Å²) in [5.41, 5.74) is 3.80. The third kappa shape index (κ3) is 4.55. The summed E-state index contributed by atoms with van der Waals surface area (Å²) in [5.74, 6) is 2.75. The first-order valence-electron chi connectivity index (χ1n) is 9.34. The van der Waals surface area contributed by atoms with Crippen LogP contribution in [-0.4, -0.2) is 17.1 Å². The predicted octanol–water partition coefficient (Wildman–Crippen LogP) is 5.41. The second kappa shape index (κ2) is 8.48. The van der Waals surface area contributed by atoms with Gasteiger partial charge in [-0.3, -0.25) is 0 Å². The Morgan fingerprint density at radius 3 is 2.59 bits per heavy atom. The Kier molecular flexibility index (Phi) is 5.42. The van der Waals surface area contributed by atoms with Gasteiger partial charge in [-0.15, -0.1) is 0 Å². The second-order valence-electron chi connectivity index (χ2n) is 6.59. The molecule has 2 N–H and O–H groups in total. The van der Waals surface area contributed by atoms with Gasteiger partial charge in [-0.25, -0.2) is 4.98 Å². The molecular weight excluding hydrogens is 364 g/mol. The number of ether oxygens (including phenoxy) is 1. The van der Waals surface area contributed by atoms with Crippen LogP contribution in [0.1, 0.15) is 11.3 Å². The van der Waals surface area contributed by atoms with Crippen LogP contribution in [0.4, 0.5) is 17.5 Å². The highest BCUT2D eigenvalue weighted by Crippen LogP contribution is 2.30. The van der Waals surface area contributed by atoms with Gasteiger partial charge in [-0.2, -0.15) is 4.98 Å². The lowest BCUT2D eigenvalue weighted by atomic mass is 10.1. The molecule has 0 saturated heterocycles. The van der Waals surface area contributed by atoms with Gasteiger partial charge >= 0.3 is 0 Å². The fraction of sp³-hybridized carbons (Fsp3) is 0.130. The summed E-state index contributed by atoms with van der Waals surface area (Å²) in [5, 5.41) is 6.60. The Labute approximate surface area is 169 Å². The van der Waals surface area contributed by atoms with Gasteiger partial charge in [0.15, 0.2) is 0 Å². The molecule has 0 unspecified atom stereocenters. The molecule has 6 heteroatoms. The second-order valence-corrected chi connectivity index (χ2v) is 6.59. The normalized spacial score (nSPS) is 10.6. The van der Waals surface area contributed by atoms with E-state index in [4.69, 9.17) is 9.15 Å². The summed E-state index contributed by atoms with van der Waals surface area (Å²) in [6.45, 7) is 2.54. The first kappa shape index (κ1) is 18.6. The molecule has 4 aromatic rings. The van der Waals surface area contributed by atoms with Crippen LogP contribution in [0.2, 0.25) is 0 Å². The first-order chi connectivity index (χ1) is 14.2. The zero-order valence-corrected chi connectivity index (χ0v) is 16.3. The van der Waals surface area contributed by atoms with Crippen LogP contribution in [0.5, 0.6) is 5.75 Å². The number of aryl methyl sites for hydroxylation is 1. The first-order valence-corrected chi connectivity index (χ1v) is 9.34. The maximum absolute atomic E-state index is 5.48. The molecule has 29 heavy (non-hydrogen) atoms. The largest absolute Gasteiger partial charge is 0.495 e. The Bertz CT molecular complexity index is 1080. The quantitative estimate of drug-likeness (QED) is 0.442. The van der Waals surface area contributed by atoms with Crippen molar-refractivity contribution >= 4 is 17.5 Å². The third-order valence-corrected chi connectivity index (χ3v) is 4.41. The summed E-state index contributed by atoms with van der Waals surface area (Å²) in [7, 11) is 1.65. The van der Waals surface area contributed by atoms with E-state index in [0.29, 0.717) is 18.3 Å². The van der Waals surface area contributed by atoms with Crippen LogP contribution < -0.4 is 15.4 Å². The molecule has 2 aromatic carbocycles. The van der Waals surface area contributed by atoms with Gasteiger partial charge in [-0.05, 0) is 36.8 Å². The monoisotopic (exact) mass is 386 g/mol. The molecule has 2 aromatic heterocycles. The maximum Gasteiger partial charge on any atom is 0.225 e. The number of hydrogen-bond acceptors (Lipinski definition) is 6. The van der Waals surface area contributed by atoms with Gasteiger partial charge < -0.3 is 19.8 Å². The summed E-state index contributed by atoms with van der Waals surface area (Å²) in [4.78, 5) is 9.30. The van der Waals surface area contributed by atoms with E-state index in [9.17, 15) is 0 Å². The SMILES string of the molecule is COc1ccc(C)cc1Nc1cc(-c2ccccc2)nc(NCc2ccco2)n1. The molecule has 0 bridgehead atoms. The van der Waals surface area contributed by atoms with Gasteiger partial charge in [0.25, 0.3) is 0 Å². The van der Waals surface area contributed by atoms with E-state index >= 15 is 0 Å². The van der Waals surface area contributed by atoms with Crippen LogP contribution in [0, 0.1) is 6.92 Å². The lowest BCUT2D eigenvalue weighted by molar-refractivity contribution is 0.416. The number of nitrogens with one attached hydrogen (secondary N) is 2. The average Bonchev–Trinajstić information content (AvgIpc) is 3.27. The Morgan fingerprint density at radius 1 is 0.966 bits per heavy atom. The smallest absolute Gasteiger partial charge is 0.225 e. The number of anilines is 3. The molecule has 0 saturated carbocycles. The van der Waals surface area contributed by atoms with Crippen molar-refractivity contribution in [1.82, 2.24) is 9.97 Å². The molecule has 0 aliphatic heterocycles. The summed E-state index contributed by atoms with van der Waals surface area (Å²) in [6, 6.07) is 21.7. The molecule has 0 fully saturated rings. The number of hydrogen-bond donors (Lipinski definition) is 2. The van der Waals surface area contributed by atoms with E-state index < -0.39 is 0 Å². The molecule has 0 radical (unpaired) electrons. The van der Waals surface area contributed by atoms with Crippen molar-refractivity contribution in [2.75, 3.05) is 17.7 Å². The fourth-order valence-corrected chi connectivity index (χ4v) is 2.98. The van der Waals surface area contributed by atoms with E-state index in [1.165, 1.54) is 0 Å². The van der Waals surface area contributed by atoms with Crippen LogP contribution in [0.15, 0.2) is 77.4 Å². The minimum absolute atomic E-state index is 0.498. The minimum Gasteiger partial charge on any atom is -0.495 e. The van der Waals surface area contributed by atoms with E-state index in [-0.39, 0.29) is 0 Å². The Hall–Kier alpha value is -3.80. The highest BCUT2D eigenvalue weighted by Gasteiger charge is 2.10. The average molecular weight is 386 g/mol. The summed E-state index contributed by atoms with van der Waals surface area (Å²) in [6.07, 6.45) is 1.65. The van der Waals surface area contributed by atoms with E-state index in [1.54, 1.807) is 13.4 Å². The van der Waals surface area contributed by atoms with E-state index in [0.717, 1.165) is 34.0 Å². The summed E-state index contributed by atoms with van der Waals surface area (Å²) < 4.78 is 10.9. The van der Waals surface area contributed by atoms with Gasteiger partial charge in [0.1, 0.15) is 17.3 Å². The molecule has 0 aliphatic rings. The van der Waals surface area contributed by atoms with Crippen molar-refractivity contribution in [2.45, 2.75) is 13.5 Å². The van der Waals surface area contributed by atoms with Gasteiger partial charge in [0, 0.05) is 11.6 Å². The Morgan fingerprint density at radius 2 is 1.83 bits per heavy atom. The van der Waals surface area contributed by atoms with Crippen molar-refractivity contribution in [3.63, 3.8) is 0 Å². The van der Waals surface area contributed by atoms with Gasteiger partial charge in [0.2, 0.25) is 5.95 Å². The molecule has 0 aliphatic carbocycles. The van der Waals surface area contributed by atoms with Crippen molar-refractivity contribution < 1.29 is 9.15 Å². The molecular formula is C23H22N4O2. The molecule has 2 heterocycles. The molecule has 0 atom stereocenters. The van der Waals surface area contributed by atoms with Crippen molar-refractivity contribution in [2.24, 2.45) is 0 Å². The lowest BCUT2D eigenvalue weighted by Crippen LogP contribution is -2.06. The Balaban J connectivity index is 1.68. The van der Waals surface area contributed by atoms with Gasteiger partial charge in [0.05, 0.1) is 31.3 Å². The molecule has 4 rings (SSSR count). The number of aromatic nitrogens is 2. The van der Waals surface area contributed by atoms with Crippen molar-refractivity contribution in [1.29, 1.82) is 0 Å². The molecule has 0 amide bonds. The lowest BCUT2D eigenvalue weighted by Gasteiger charge is -2.14. The van der Waals surface area contributed by atoms with E-state index in [1.807, 2.05) is 73.7 Å². The highest BCUT2D eigenvalue weighted by atomic mass is 16.5. The fourth-order valence-electron chi connectivity index (χ4n) is 2.98. The molecule has 0 spiro atoms. The van der Waals surface area contributed by atoms with Gasteiger partial charge in [-0.1, -0.05) is 36.4 Å². The minimum atomic E-state index is 0.498. The predicted molar refractivity (Wildman–Crippen MR) is 115 cm³/mol. The highest BCUT2D eigenvalue weighted by molar-refractivity contribution is 5.70. The van der Waals surface area contributed by atoms with Crippen LogP contribution in [0.25, 0.3) is 11.3 Å². The van der Waals surface area contributed by atoms with Crippen molar-refractivity contribution in [3.05, 3.63) is 84.3 Å². The number of rotatable bonds is 7. The van der Waals surface area contributed by atoms with Crippen molar-refractivity contribution in [3.8, 4) is 17.0 Å². The molecule has 146 valence electrons. The molecule has 6 nitrogen and oxygen atoms in total. The maximum atomic E-state index is 5.48. The summed E-state index contributed by atoms with van der Waals surface area (Å²) >= 11 is 0. The topological polar surface area (TPSA) is 72.2 Å².